The third-order valence-corrected chi connectivity index (χ3v) is 6.33. The molecule has 1 aliphatic rings. The van der Waals surface area contributed by atoms with Gasteiger partial charge in [0.1, 0.15) is 10.7 Å². The van der Waals surface area contributed by atoms with Gasteiger partial charge in [0.05, 0.1) is 24.0 Å². The van der Waals surface area contributed by atoms with Crippen molar-refractivity contribution < 1.29 is 17.9 Å². The number of Topliss-reactive ketones (excluding diaryl/α,β-unsaturated/α-hetero) is 1. The molecule has 1 aromatic heterocycles. The van der Waals surface area contributed by atoms with Gasteiger partial charge in [-0.1, -0.05) is 32.5 Å². The summed E-state index contributed by atoms with van der Waals surface area (Å²) in [7, 11) is -3.52. The largest absolute Gasteiger partial charge is 0.379 e. The molecule has 0 bridgehead atoms. The Hall–Kier alpha value is -0.960. The maximum Gasteiger partial charge on any atom is 0.244 e. The molecule has 0 aliphatic carbocycles. The van der Waals surface area contributed by atoms with Gasteiger partial charge in [0.2, 0.25) is 10.0 Å². The Kier molecular flexibility index (Phi) is 5.83. The molecule has 0 aromatic carbocycles. The fourth-order valence-corrected chi connectivity index (χ4v) is 4.25. The Morgan fingerprint density at radius 1 is 1.30 bits per heavy atom. The summed E-state index contributed by atoms with van der Waals surface area (Å²) in [5, 5.41) is 0.642. The van der Waals surface area contributed by atoms with Crippen molar-refractivity contribution >= 4 is 27.6 Å². The normalized spacial score (nSPS) is 17.2. The molecule has 0 amide bonds. The number of ether oxygens (including phenoxy) is 1. The topological polar surface area (TPSA) is 76.6 Å². The third kappa shape index (κ3) is 4.76. The number of sulfonamides is 1. The van der Waals surface area contributed by atoms with E-state index >= 15 is 0 Å². The number of ketones is 1. The van der Waals surface area contributed by atoms with Gasteiger partial charge in [-0.15, -0.1) is 0 Å². The molecule has 0 atom stereocenters. The second kappa shape index (κ2) is 7.29. The van der Waals surface area contributed by atoms with Crippen molar-refractivity contribution in [2.75, 3.05) is 32.1 Å². The summed E-state index contributed by atoms with van der Waals surface area (Å²) in [4.78, 5) is 16.2. The maximum absolute atomic E-state index is 12.5. The molecule has 1 aromatic rings. The SMILES string of the molecule is CC(C)(C)C(=O)CSc1ccc(S(=O)(=O)N2CCOCC2)cn1. The minimum Gasteiger partial charge on any atom is -0.379 e. The predicted molar refractivity (Wildman–Crippen MR) is 89.0 cm³/mol. The van der Waals surface area contributed by atoms with Crippen molar-refractivity contribution in [2.45, 2.75) is 30.7 Å². The highest BCUT2D eigenvalue weighted by Gasteiger charge is 2.26. The summed E-state index contributed by atoms with van der Waals surface area (Å²) >= 11 is 1.32. The minimum atomic E-state index is -3.52. The molecule has 0 N–H and O–H groups in total. The van der Waals surface area contributed by atoms with Crippen LogP contribution in [0.15, 0.2) is 28.3 Å². The van der Waals surface area contributed by atoms with Gasteiger partial charge in [0.25, 0.3) is 0 Å². The highest BCUT2D eigenvalue weighted by Crippen LogP contribution is 2.23. The van der Waals surface area contributed by atoms with Crippen LogP contribution in [0.2, 0.25) is 0 Å². The molecule has 1 saturated heterocycles. The van der Waals surface area contributed by atoms with E-state index in [0.29, 0.717) is 37.1 Å². The van der Waals surface area contributed by atoms with Gasteiger partial charge >= 0.3 is 0 Å². The molecule has 0 radical (unpaired) electrons. The van der Waals surface area contributed by atoms with E-state index in [1.54, 1.807) is 12.1 Å². The first-order valence-electron chi connectivity index (χ1n) is 7.41. The number of carbonyl (C=O) groups is 1. The second-order valence-corrected chi connectivity index (χ2v) is 9.24. The average Bonchev–Trinajstić information content (AvgIpc) is 2.53. The third-order valence-electron chi connectivity index (χ3n) is 3.50. The molecule has 0 saturated carbocycles. The molecule has 1 aliphatic heterocycles. The minimum absolute atomic E-state index is 0.134. The van der Waals surface area contributed by atoms with Crippen LogP contribution < -0.4 is 0 Å². The molecule has 6 nitrogen and oxygen atoms in total. The second-order valence-electron chi connectivity index (χ2n) is 6.31. The fraction of sp³-hybridized carbons (Fsp3) is 0.600. The predicted octanol–water partition coefficient (Wildman–Crippen LogP) is 1.81. The van der Waals surface area contributed by atoms with Gasteiger partial charge in [-0.25, -0.2) is 13.4 Å². The van der Waals surface area contributed by atoms with E-state index in [0.717, 1.165) is 0 Å². The van der Waals surface area contributed by atoms with E-state index in [9.17, 15) is 13.2 Å². The van der Waals surface area contributed by atoms with Crippen molar-refractivity contribution in [1.82, 2.24) is 9.29 Å². The van der Waals surface area contributed by atoms with Crippen LogP contribution in [0.1, 0.15) is 20.8 Å². The lowest BCUT2D eigenvalue weighted by Crippen LogP contribution is -2.40. The Balaban J connectivity index is 2.03. The molecule has 23 heavy (non-hydrogen) atoms. The van der Waals surface area contributed by atoms with E-state index in [4.69, 9.17) is 4.74 Å². The quantitative estimate of drug-likeness (QED) is 0.747. The van der Waals surface area contributed by atoms with Crippen LogP contribution in [0, 0.1) is 5.41 Å². The fourth-order valence-electron chi connectivity index (χ4n) is 1.90. The average molecular weight is 358 g/mol. The number of hydrogen-bond acceptors (Lipinski definition) is 6. The lowest BCUT2D eigenvalue weighted by Gasteiger charge is -2.25. The number of aromatic nitrogens is 1. The lowest BCUT2D eigenvalue weighted by molar-refractivity contribution is -0.123. The van der Waals surface area contributed by atoms with Crippen molar-refractivity contribution in [3.8, 4) is 0 Å². The van der Waals surface area contributed by atoms with Gasteiger partial charge in [0, 0.05) is 24.7 Å². The molecule has 0 spiro atoms. The van der Waals surface area contributed by atoms with E-state index in [2.05, 4.69) is 4.98 Å². The van der Waals surface area contributed by atoms with E-state index in [1.807, 2.05) is 20.8 Å². The molecular weight excluding hydrogens is 336 g/mol. The summed E-state index contributed by atoms with van der Waals surface area (Å²) in [6.45, 7) is 7.17. The summed E-state index contributed by atoms with van der Waals surface area (Å²) in [5.74, 6) is 0.459. The van der Waals surface area contributed by atoms with Crippen LogP contribution in [0.4, 0.5) is 0 Å². The first-order valence-corrected chi connectivity index (χ1v) is 9.84. The number of nitrogens with zero attached hydrogens (tertiary/aromatic N) is 2. The Labute approximate surface area is 141 Å². The van der Waals surface area contributed by atoms with Crippen molar-refractivity contribution in [3.05, 3.63) is 18.3 Å². The standard InChI is InChI=1S/C15H22N2O4S2/c1-15(2,3)13(18)11-22-14-5-4-12(10-16-14)23(19,20)17-6-8-21-9-7-17/h4-5,10H,6-9,11H2,1-3H3. The van der Waals surface area contributed by atoms with Crippen LogP contribution in [0.5, 0.6) is 0 Å². The van der Waals surface area contributed by atoms with E-state index in [1.165, 1.54) is 22.3 Å². The molecule has 2 rings (SSSR count). The Morgan fingerprint density at radius 3 is 2.48 bits per heavy atom. The smallest absolute Gasteiger partial charge is 0.244 e. The van der Waals surface area contributed by atoms with Gasteiger partial charge in [0.15, 0.2) is 0 Å². The number of carbonyl (C=O) groups excluding carboxylic acids is 1. The van der Waals surface area contributed by atoms with Crippen molar-refractivity contribution in [1.29, 1.82) is 0 Å². The van der Waals surface area contributed by atoms with Gasteiger partial charge in [-0.3, -0.25) is 4.79 Å². The number of morpholine rings is 1. The molecule has 8 heteroatoms. The molecule has 1 fully saturated rings. The number of thioether (sulfide) groups is 1. The number of hydrogen-bond donors (Lipinski definition) is 0. The zero-order chi connectivity index (χ0) is 17.1. The lowest BCUT2D eigenvalue weighted by atomic mass is 9.92. The first-order chi connectivity index (χ1) is 10.7. The molecular formula is C15H22N2O4S2. The zero-order valence-electron chi connectivity index (χ0n) is 13.6. The number of pyridine rings is 1. The van der Waals surface area contributed by atoms with Crippen LogP contribution in [0.25, 0.3) is 0 Å². The first kappa shape index (κ1) is 18.4. The van der Waals surface area contributed by atoms with Crippen LogP contribution in [-0.4, -0.2) is 55.5 Å². The maximum atomic E-state index is 12.5. The van der Waals surface area contributed by atoms with Crippen LogP contribution >= 0.6 is 11.8 Å². The van der Waals surface area contributed by atoms with Crippen molar-refractivity contribution in [3.63, 3.8) is 0 Å². The van der Waals surface area contributed by atoms with Crippen molar-refractivity contribution in [2.24, 2.45) is 5.41 Å². The van der Waals surface area contributed by atoms with Gasteiger partial charge < -0.3 is 4.74 Å². The van der Waals surface area contributed by atoms with Gasteiger partial charge in [-0.2, -0.15) is 4.31 Å². The Morgan fingerprint density at radius 2 is 1.96 bits per heavy atom. The summed E-state index contributed by atoms with van der Waals surface area (Å²) in [6.07, 6.45) is 1.36. The van der Waals surface area contributed by atoms with E-state index in [-0.39, 0.29) is 16.1 Å². The van der Waals surface area contributed by atoms with Gasteiger partial charge in [-0.05, 0) is 12.1 Å². The molecule has 2 heterocycles. The summed E-state index contributed by atoms with van der Waals surface area (Å²) < 4.78 is 31.5. The molecule has 128 valence electrons. The molecule has 0 unspecified atom stereocenters. The number of rotatable bonds is 5. The van der Waals surface area contributed by atoms with Crippen LogP contribution in [-0.2, 0) is 19.6 Å². The highest BCUT2D eigenvalue weighted by atomic mass is 32.2. The zero-order valence-corrected chi connectivity index (χ0v) is 15.2. The monoisotopic (exact) mass is 358 g/mol. The van der Waals surface area contributed by atoms with Crippen LogP contribution in [0.3, 0.4) is 0 Å². The Bertz CT molecular complexity index is 645. The van der Waals surface area contributed by atoms with E-state index < -0.39 is 10.0 Å². The highest BCUT2D eigenvalue weighted by molar-refractivity contribution is 7.99. The summed E-state index contributed by atoms with van der Waals surface area (Å²) in [6, 6.07) is 3.19. The summed E-state index contributed by atoms with van der Waals surface area (Å²) in [5.41, 5.74) is -0.382.